The molecule has 3 nitrogen and oxygen atoms in total. The van der Waals surface area contributed by atoms with Crippen LogP contribution in [0.4, 0.5) is 0 Å². The van der Waals surface area contributed by atoms with Gasteiger partial charge in [0.25, 0.3) is 0 Å². The molecule has 5 heteroatoms. The standard InChI is InChI=1S/C4H4O3S2/c5-9(6)3-1-4(8)7-2-3/h1-2,8H,(H,5,6). The molecule has 0 amide bonds. The van der Waals surface area contributed by atoms with E-state index >= 15 is 0 Å². The van der Waals surface area contributed by atoms with E-state index in [1.165, 1.54) is 12.3 Å². The van der Waals surface area contributed by atoms with Gasteiger partial charge >= 0.3 is 0 Å². The van der Waals surface area contributed by atoms with Crippen molar-refractivity contribution in [2.75, 3.05) is 0 Å². The summed E-state index contributed by atoms with van der Waals surface area (Å²) >= 11 is 1.84. The number of furan rings is 1. The van der Waals surface area contributed by atoms with E-state index in [-0.39, 0.29) is 4.90 Å². The van der Waals surface area contributed by atoms with Gasteiger partial charge in [-0.1, -0.05) is 0 Å². The molecule has 1 aromatic heterocycles. The Bertz CT molecular complexity index is 229. The van der Waals surface area contributed by atoms with Crippen LogP contribution in [0.1, 0.15) is 0 Å². The van der Waals surface area contributed by atoms with E-state index in [0.717, 1.165) is 0 Å². The van der Waals surface area contributed by atoms with Gasteiger partial charge in [0.05, 0.1) is 0 Å². The van der Waals surface area contributed by atoms with Gasteiger partial charge in [-0.2, -0.15) is 0 Å². The molecule has 50 valence electrons. The van der Waals surface area contributed by atoms with Crippen LogP contribution in [-0.4, -0.2) is 8.76 Å². The van der Waals surface area contributed by atoms with Gasteiger partial charge < -0.3 is 8.97 Å². The summed E-state index contributed by atoms with van der Waals surface area (Å²) in [5.74, 6) is 0. The third kappa shape index (κ3) is 1.57. The molecule has 1 atom stereocenters. The maximum Gasteiger partial charge on any atom is 0.189 e. The van der Waals surface area contributed by atoms with Crippen LogP contribution in [0.2, 0.25) is 0 Å². The monoisotopic (exact) mass is 164 g/mol. The minimum atomic E-state index is -1.95. The van der Waals surface area contributed by atoms with Crippen LogP contribution in [0, 0.1) is 0 Å². The Balaban J connectivity index is 2.98. The molecule has 0 saturated heterocycles. The highest BCUT2D eigenvalue weighted by Crippen LogP contribution is 2.13. The molecule has 0 saturated carbocycles. The second-order valence-corrected chi connectivity index (χ2v) is 2.78. The number of thiol groups is 1. The highest BCUT2D eigenvalue weighted by atomic mass is 32.2. The van der Waals surface area contributed by atoms with Crippen molar-refractivity contribution in [3.05, 3.63) is 12.3 Å². The summed E-state index contributed by atoms with van der Waals surface area (Å²) in [5.41, 5.74) is 0. The lowest BCUT2D eigenvalue weighted by molar-refractivity contribution is 0.472. The van der Waals surface area contributed by atoms with Gasteiger partial charge in [-0.15, -0.1) is 12.6 Å². The third-order valence-corrected chi connectivity index (χ3v) is 1.62. The number of hydrogen-bond donors (Lipinski definition) is 2. The average Bonchev–Trinajstić information content (AvgIpc) is 2.14. The van der Waals surface area contributed by atoms with E-state index in [0.29, 0.717) is 5.09 Å². The van der Waals surface area contributed by atoms with Gasteiger partial charge in [-0.05, 0) is 0 Å². The molecule has 0 spiro atoms. The van der Waals surface area contributed by atoms with Crippen LogP contribution in [0.3, 0.4) is 0 Å². The van der Waals surface area contributed by atoms with Crippen LogP contribution in [0.5, 0.6) is 0 Å². The molecule has 0 aliphatic heterocycles. The molecule has 0 aliphatic carbocycles. The van der Waals surface area contributed by atoms with E-state index in [1.54, 1.807) is 0 Å². The molecule has 0 aromatic carbocycles. The largest absolute Gasteiger partial charge is 0.457 e. The second-order valence-electron chi connectivity index (χ2n) is 1.37. The van der Waals surface area contributed by atoms with E-state index in [1.807, 2.05) is 0 Å². The fourth-order valence-corrected chi connectivity index (χ4v) is 1.02. The van der Waals surface area contributed by atoms with Crippen molar-refractivity contribution in [1.29, 1.82) is 0 Å². The lowest BCUT2D eigenvalue weighted by Crippen LogP contribution is -1.81. The summed E-state index contributed by atoms with van der Waals surface area (Å²) in [6, 6.07) is 1.39. The SMILES string of the molecule is O=S(O)c1coc(S)c1. The summed E-state index contributed by atoms with van der Waals surface area (Å²) in [4.78, 5) is 0.236. The molecule has 0 fully saturated rings. The van der Waals surface area contributed by atoms with Crippen molar-refractivity contribution < 1.29 is 13.2 Å². The van der Waals surface area contributed by atoms with Crippen molar-refractivity contribution >= 4 is 23.7 Å². The molecule has 0 radical (unpaired) electrons. The molecule has 1 heterocycles. The third-order valence-electron chi connectivity index (χ3n) is 0.763. The Morgan fingerprint density at radius 3 is 2.67 bits per heavy atom. The predicted octanol–water partition coefficient (Wildman–Crippen LogP) is 1.15. The fraction of sp³-hybridized carbons (Fsp3) is 0. The van der Waals surface area contributed by atoms with Crippen LogP contribution in [-0.2, 0) is 11.1 Å². The molecule has 0 bridgehead atoms. The first-order chi connectivity index (χ1) is 4.20. The molecule has 0 aliphatic rings. The molecule has 9 heavy (non-hydrogen) atoms. The van der Waals surface area contributed by atoms with Gasteiger partial charge in [0, 0.05) is 6.07 Å². The van der Waals surface area contributed by atoms with Crippen molar-refractivity contribution in [1.82, 2.24) is 0 Å². The minimum Gasteiger partial charge on any atom is -0.457 e. The van der Waals surface area contributed by atoms with Crippen LogP contribution >= 0.6 is 12.6 Å². The quantitative estimate of drug-likeness (QED) is 0.483. The Morgan fingerprint density at radius 1 is 1.78 bits per heavy atom. The van der Waals surface area contributed by atoms with E-state index in [9.17, 15) is 4.21 Å². The first-order valence-corrected chi connectivity index (χ1v) is 3.64. The van der Waals surface area contributed by atoms with Crippen molar-refractivity contribution in [2.24, 2.45) is 0 Å². The Labute approximate surface area is 59.8 Å². The zero-order valence-electron chi connectivity index (χ0n) is 4.27. The number of rotatable bonds is 1. The van der Waals surface area contributed by atoms with E-state index < -0.39 is 11.1 Å². The zero-order valence-corrected chi connectivity index (χ0v) is 5.98. The predicted molar refractivity (Wildman–Crippen MR) is 35.0 cm³/mol. The van der Waals surface area contributed by atoms with Gasteiger partial charge in [0.1, 0.15) is 11.2 Å². The smallest absolute Gasteiger partial charge is 0.189 e. The Morgan fingerprint density at radius 2 is 2.44 bits per heavy atom. The molecular weight excluding hydrogens is 160 g/mol. The van der Waals surface area contributed by atoms with Crippen LogP contribution < -0.4 is 0 Å². The second kappa shape index (κ2) is 2.55. The maximum atomic E-state index is 10.2. The zero-order chi connectivity index (χ0) is 6.85. The lowest BCUT2D eigenvalue weighted by Gasteiger charge is -1.78. The first kappa shape index (κ1) is 6.85. The lowest BCUT2D eigenvalue weighted by atomic mass is 10.7. The summed E-state index contributed by atoms with van der Waals surface area (Å²) in [6.07, 6.45) is 1.19. The maximum absolute atomic E-state index is 10.2. The van der Waals surface area contributed by atoms with Crippen LogP contribution in [0.15, 0.2) is 26.7 Å². The van der Waals surface area contributed by atoms with Gasteiger partial charge in [-0.3, -0.25) is 0 Å². The average molecular weight is 164 g/mol. The fourth-order valence-electron chi connectivity index (χ4n) is 0.400. The summed E-state index contributed by atoms with van der Waals surface area (Å²) < 4.78 is 23.3. The Hall–Kier alpha value is -0.260. The minimum absolute atomic E-state index is 0.236. The van der Waals surface area contributed by atoms with Crippen molar-refractivity contribution in [3.63, 3.8) is 0 Å². The molecule has 1 aromatic rings. The van der Waals surface area contributed by atoms with E-state index in [4.69, 9.17) is 4.55 Å². The normalized spacial score (nSPS) is 13.6. The summed E-state index contributed by atoms with van der Waals surface area (Å²) in [6.45, 7) is 0. The highest BCUT2D eigenvalue weighted by molar-refractivity contribution is 7.80. The molecule has 1 rings (SSSR count). The summed E-state index contributed by atoms with van der Waals surface area (Å²) in [5, 5.41) is 0.340. The summed E-state index contributed by atoms with van der Waals surface area (Å²) in [7, 11) is 0. The molecular formula is C4H4O3S2. The first-order valence-electron chi connectivity index (χ1n) is 2.08. The van der Waals surface area contributed by atoms with Crippen molar-refractivity contribution in [3.8, 4) is 0 Å². The van der Waals surface area contributed by atoms with Crippen LogP contribution in [0.25, 0.3) is 0 Å². The Kier molecular flexibility index (Phi) is 1.94. The molecule has 1 N–H and O–H groups in total. The molecule has 1 unspecified atom stereocenters. The van der Waals surface area contributed by atoms with Gasteiger partial charge in [0.15, 0.2) is 16.2 Å². The highest BCUT2D eigenvalue weighted by Gasteiger charge is 2.01. The van der Waals surface area contributed by atoms with Crippen molar-refractivity contribution in [2.45, 2.75) is 9.99 Å². The van der Waals surface area contributed by atoms with Gasteiger partial charge in [0.2, 0.25) is 0 Å². The van der Waals surface area contributed by atoms with Gasteiger partial charge in [-0.25, -0.2) is 4.21 Å². The van der Waals surface area contributed by atoms with E-state index in [2.05, 4.69) is 17.0 Å². The number of hydrogen-bond acceptors (Lipinski definition) is 3. The topological polar surface area (TPSA) is 50.4 Å².